The van der Waals surface area contributed by atoms with Crippen LogP contribution in [0.4, 0.5) is 22.0 Å². The predicted octanol–water partition coefficient (Wildman–Crippen LogP) is 4.60. The van der Waals surface area contributed by atoms with Crippen LogP contribution in [0.1, 0.15) is 37.8 Å². The van der Waals surface area contributed by atoms with E-state index in [0.717, 1.165) is 13.0 Å². The summed E-state index contributed by atoms with van der Waals surface area (Å²) in [7, 11) is 0. The van der Waals surface area contributed by atoms with Crippen molar-refractivity contribution in [3.05, 3.63) is 34.9 Å². The molecule has 1 aromatic carbocycles. The number of ether oxygens (including phenoxy) is 1. The standard InChI is InChI=1S/C15H17F5O/c1-4-9-10(5-6-12(16)13(9)17)11-7-21-14(3,8(11)2)15(18,19)20/h5-6,8,11H,4,7H2,1-3H3/t8-,11-,14-/m0/s1. The van der Waals surface area contributed by atoms with E-state index in [1.54, 1.807) is 6.92 Å². The Hall–Kier alpha value is -1.17. The monoisotopic (exact) mass is 308 g/mol. The minimum atomic E-state index is -4.51. The maximum Gasteiger partial charge on any atom is 0.417 e. The second kappa shape index (κ2) is 5.23. The summed E-state index contributed by atoms with van der Waals surface area (Å²) < 4.78 is 71.6. The van der Waals surface area contributed by atoms with Gasteiger partial charge in [0.1, 0.15) is 0 Å². The van der Waals surface area contributed by atoms with Crippen LogP contribution in [0.5, 0.6) is 0 Å². The van der Waals surface area contributed by atoms with E-state index < -0.39 is 35.2 Å². The molecule has 0 saturated carbocycles. The molecule has 1 nitrogen and oxygen atoms in total. The molecule has 21 heavy (non-hydrogen) atoms. The molecule has 1 aromatic rings. The Morgan fingerprint density at radius 2 is 1.90 bits per heavy atom. The summed E-state index contributed by atoms with van der Waals surface area (Å²) in [5.74, 6) is -3.46. The summed E-state index contributed by atoms with van der Waals surface area (Å²) in [6.45, 7) is 3.93. The highest BCUT2D eigenvalue weighted by Gasteiger charge is 2.61. The molecule has 0 spiro atoms. The Morgan fingerprint density at radius 1 is 1.29 bits per heavy atom. The van der Waals surface area contributed by atoms with Crippen LogP contribution in [0.25, 0.3) is 0 Å². The fourth-order valence-electron chi connectivity index (χ4n) is 2.94. The predicted molar refractivity (Wildman–Crippen MR) is 68.1 cm³/mol. The average molecular weight is 308 g/mol. The van der Waals surface area contributed by atoms with Crippen LogP contribution >= 0.6 is 0 Å². The van der Waals surface area contributed by atoms with Crippen LogP contribution < -0.4 is 0 Å². The van der Waals surface area contributed by atoms with Gasteiger partial charge in [-0.3, -0.25) is 0 Å². The third-order valence-electron chi connectivity index (χ3n) is 4.58. The van der Waals surface area contributed by atoms with Gasteiger partial charge in [-0.05, 0) is 30.5 Å². The van der Waals surface area contributed by atoms with Crippen molar-refractivity contribution in [2.75, 3.05) is 6.61 Å². The second-order valence-electron chi connectivity index (χ2n) is 5.59. The minimum Gasteiger partial charge on any atom is -0.365 e. The van der Waals surface area contributed by atoms with Crippen LogP contribution in [0.2, 0.25) is 0 Å². The van der Waals surface area contributed by atoms with E-state index in [-0.39, 0.29) is 18.6 Å². The average Bonchev–Trinajstić information content (AvgIpc) is 2.70. The van der Waals surface area contributed by atoms with Crippen molar-refractivity contribution in [1.29, 1.82) is 0 Å². The topological polar surface area (TPSA) is 9.23 Å². The van der Waals surface area contributed by atoms with Crippen LogP contribution in [0.15, 0.2) is 12.1 Å². The Labute approximate surface area is 120 Å². The van der Waals surface area contributed by atoms with Gasteiger partial charge in [-0.1, -0.05) is 19.9 Å². The molecule has 0 aromatic heterocycles. The number of benzene rings is 1. The Kier molecular flexibility index (Phi) is 4.04. The zero-order valence-corrected chi connectivity index (χ0v) is 12.0. The first-order valence-electron chi connectivity index (χ1n) is 6.81. The first kappa shape index (κ1) is 16.2. The lowest BCUT2D eigenvalue weighted by atomic mass is 9.78. The van der Waals surface area contributed by atoms with Crippen molar-refractivity contribution in [2.24, 2.45) is 5.92 Å². The van der Waals surface area contributed by atoms with Gasteiger partial charge in [-0.15, -0.1) is 0 Å². The lowest BCUT2D eigenvalue weighted by Crippen LogP contribution is -2.46. The fraction of sp³-hybridized carbons (Fsp3) is 0.600. The van der Waals surface area contributed by atoms with Crippen molar-refractivity contribution >= 4 is 0 Å². The first-order chi connectivity index (χ1) is 9.63. The summed E-state index contributed by atoms with van der Waals surface area (Å²) >= 11 is 0. The van der Waals surface area contributed by atoms with Crippen LogP contribution in [-0.4, -0.2) is 18.4 Å². The molecule has 0 amide bonds. The molecular weight excluding hydrogens is 291 g/mol. The molecular formula is C15H17F5O. The van der Waals surface area contributed by atoms with Gasteiger partial charge < -0.3 is 4.74 Å². The largest absolute Gasteiger partial charge is 0.417 e. The third-order valence-corrected chi connectivity index (χ3v) is 4.58. The van der Waals surface area contributed by atoms with Crippen molar-refractivity contribution in [1.82, 2.24) is 0 Å². The zero-order valence-electron chi connectivity index (χ0n) is 12.0. The number of rotatable bonds is 2. The van der Waals surface area contributed by atoms with Gasteiger partial charge in [-0.25, -0.2) is 8.78 Å². The molecule has 1 fully saturated rings. The number of hydrogen-bond acceptors (Lipinski definition) is 1. The molecule has 1 aliphatic heterocycles. The molecule has 0 unspecified atom stereocenters. The van der Waals surface area contributed by atoms with Gasteiger partial charge in [0.15, 0.2) is 17.2 Å². The highest BCUT2D eigenvalue weighted by Crippen LogP contribution is 2.50. The van der Waals surface area contributed by atoms with Crippen molar-refractivity contribution in [3.8, 4) is 0 Å². The quantitative estimate of drug-likeness (QED) is 0.726. The maximum atomic E-state index is 13.8. The van der Waals surface area contributed by atoms with Gasteiger partial charge in [0.2, 0.25) is 0 Å². The highest BCUT2D eigenvalue weighted by atomic mass is 19.4. The SMILES string of the molecule is CCc1c([C@H]2CO[C@](C)(C(F)(F)F)[C@H]2C)ccc(F)c1F. The number of alkyl halides is 3. The molecule has 0 N–H and O–H groups in total. The molecule has 1 aliphatic rings. The summed E-state index contributed by atoms with van der Waals surface area (Å²) in [5.41, 5.74) is -1.74. The molecule has 118 valence electrons. The molecule has 6 heteroatoms. The molecule has 0 bridgehead atoms. The van der Waals surface area contributed by atoms with E-state index in [1.807, 2.05) is 0 Å². The van der Waals surface area contributed by atoms with Gasteiger partial charge in [0.05, 0.1) is 6.61 Å². The first-order valence-corrected chi connectivity index (χ1v) is 6.81. The van der Waals surface area contributed by atoms with Gasteiger partial charge in [0, 0.05) is 11.8 Å². The minimum absolute atomic E-state index is 0.127. The van der Waals surface area contributed by atoms with Crippen LogP contribution in [0.3, 0.4) is 0 Å². The van der Waals surface area contributed by atoms with Crippen LogP contribution in [-0.2, 0) is 11.2 Å². The molecule has 0 radical (unpaired) electrons. The van der Waals surface area contributed by atoms with E-state index in [0.29, 0.717) is 5.56 Å². The number of halogens is 5. The Bertz CT molecular complexity index is 540. The van der Waals surface area contributed by atoms with Gasteiger partial charge in [-0.2, -0.15) is 13.2 Å². The van der Waals surface area contributed by atoms with Crippen molar-refractivity contribution in [2.45, 2.75) is 44.9 Å². The van der Waals surface area contributed by atoms with Crippen LogP contribution in [0, 0.1) is 17.6 Å². The van der Waals surface area contributed by atoms with E-state index >= 15 is 0 Å². The fourth-order valence-corrected chi connectivity index (χ4v) is 2.94. The summed E-state index contributed by atoms with van der Waals surface area (Å²) in [5, 5.41) is 0. The van der Waals surface area contributed by atoms with Gasteiger partial charge in [0.25, 0.3) is 0 Å². The second-order valence-corrected chi connectivity index (χ2v) is 5.59. The third kappa shape index (κ3) is 2.43. The zero-order chi connectivity index (χ0) is 16.0. The summed E-state index contributed by atoms with van der Waals surface area (Å²) in [6.07, 6.45) is -4.29. The lowest BCUT2D eigenvalue weighted by Gasteiger charge is -2.32. The molecule has 3 atom stereocenters. The van der Waals surface area contributed by atoms with E-state index in [9.17, 15) is 22.0 Å². The van der Waals surface area contributed by atoms with Gasteiger partial charge >= 0.3 is 6.18 Å². The summed E-state index contributed by atoms with van der Waals surface area (Å²) in [6, 6.07) is 2.32. The molecule has 1 heterocycles. The Balaban J connectivity index is 2.44. The van der Waals surface area contributed by atoms with Crippen molar-refractivity contribution in [3.63, 3.8) is 0 Å². The molecule has 0 aliphatic carbocycles. The van der Waals surface area contributed by atoms with E-state index in [1.165, 1.54) is 13.0 Å². The summed E-state index contributed by atoms with van der Waals surface area (Å²) in [4.78, 5) is 0. The van der Waals surface area contributed by atoms with E-state index in [4.69, 9.17) is 4.74 Å². The number of hydrogen-bond donors (Lipinski definition) is 0. The normalized spacial score (nSPS) is 29.9. The molecule has 2 rings (SSSR count). The maximum absolute atomic E-state index is 13.8. The van der Waals surface area contributed by atoms with E-state index in [2.05, 4.69) is 0 Å². The smallest absolute Gasteiger partial charge is 0.365 e. The highest BCUT2D eigenvalue weighted by molar-refractivity contribution is 5.34. The van der Waals surface area contributed by atoms with Crippen molar-refractivity contribution < 1.29 is 26.7 Å². The lowest BCUT2D eigenvalue weighted by molar-refractivity contribution is -0.266. The Morgan fingerprint density at radius 3 is 2.38 bits per heavy atom. The molecule has 1 saturated heterocycles.